The quantitative estimate of drug-likeness (QED) is 0.572. The van der Waals surface area contributed by atoms with Crippen molar-refractivity contribution in [1.82, 2.24) is 10.4 Å². The molecule has 2 aliphatic rings. The van der Waals surface area contributed by atoms with Crippen molar-refractivity contribution in [2.45, 2.75) is 39.2 Å². The van der Waals surface area contributed by atoms with Crippen LogP contribution in [-0.2, 0) is 0 Å². The number of nitrogens with one attached hydrogen (secondary N) is 1. The molecule has 2 aliphatic heterocycles. The number of thiocarbonyl (C=S) groups is 1. The third-order valence-electron chi connectivity index (χ3n) is 5.86. The first-order valence-electron chi connectivity index (χ1n) is 11.0. The smallest absolute Gasteiger partial charge is 0.137 e. The van der Waals surface area contributed by atoms with E-state index in [9.17, 15) is 0 Å². The lowest BCUT2D eigenvalue weighted by Gasteiger charge is -2.29. The summed E-state index contributed by atoms with van der Waals surface area (Å²) in [5.41, 5.74) is 6.35. The second kappa shape index (κ2) is 9.98. The van der Waals surface area contributed by atoms with E-state index in [0.717, 1.165) is 35.8 Å². The van der Waals surface area contributed by atoms with Crippen molar-refractivity contribution < 1.29 is 4.74 Å². The molecule has 1 saturated heterocycles. The maximum absolute atomic E-state index is 6.57. The van der Waals surface area contributed by atoms with Crippen LogP contribution in [0.3, 0.4) is 0 Å². The normalized spacial score (nSPS) is 21.6. The topological polar surface area (TPSA) is 40.1 Å². The van der Waals surface area contributed by atoms with Gasteiger partial charge < -0.3 is 10.2 Å². The predicted molar refractivity (Wildman–Crippen MR) is 132 cm³/mol. The van der Waals surface area contributed by atoms with Gasteiger partial charge in [0.2, 0.25) is 0 Å². The summed E-state index contributed by atoms with van der Waals surface area (Å²) in [6.45, 7) is 6.84. The van der Waals surface area contributed by atoms with Crippen molar-refractivity contribution in [3.8, 4) is 5.75 Å². The molecule has 1 fully saturated rings. The standard InChI is InChI=1S/C24H29ClN4OS/c1-3-30-19-13-11-18(12-14-19)23-17(2)22(24(31)27-28-15-7-4-8-16-28)26-29(23)21-10-6-5-9-20(21)25/h5-6,9-14,17,23H,3-4,7-8,15-16H2,1-2H3,(H,27,31). The molecule has 7 heteroatoms. The molecule has 5 nitrogen and oxygen atoms in total. The minimum atomic E-state index is -0.00770. The molecule has 1 N–H and O–H groups in total. The first-order chi connectivity index (χ1) is 15.1. The van der Waals surface area contributed by atoms with Gasteiger partial charge in [-0.25, -0.2) is 5.01 Å². The summed E-state index contributed by atoms with van der Waals surface area (Å²) in [5.74, 6) is 0.962. The van der Waals surface area contributed by atoms with Gasteiger partial charge in [0.05, 0.1) is 23.4 Å². The number of rotatable bonds is 6. The van der Waals surface area contributed by atoms with Crippen LogP contribution in [0.5, 0.6) is 5.75 Å². The van der Waals surface area contributed by atoms with Crippen LogP contribution >= 0.6 is 23.8 Å². The van der Waals surface area contributed by atoms with Crippen LogP contribution in [0.2, 0.25) is 5.02 Å². The Kier molecular flexibility index (Phi) is 7.10. The zero-order valence-electron chi connectivity index (χ0n) is 18.1. The summed E-state index contributed by atoms with van der Waals surface area (Å²) in [6.07, 6.45) is 3.67. The molecule has 0 radical (unpaired) electrons. The van der Waals surface area contributed by atoms with Gasteiger partial charge in [-0.05, 0) is 49.6 Å². The number of ether oxygens (including phenoxy) is 1. The third kappa shape index (κ3) is 4.86. The predicted octanol–water partition coefficient (Wildman–Crippen LogP) is 5.61. The Bertz CT molecular complexity index is 943. The number of hydrazine groups is 1. The van der Waals surface area contributed by atoms with Crippen LogP contribution < -0.4 is 15.2 Å². The second-order valence-corrected chi connectivity index (χ2v) is 8.82. The lowest BCUT2D eigenvalue weighted by Crippen LogP contribution is -2.47. The highest BCUT2D eigenvalue weighted by Gasteiger charge is 2.39. The summed E-state index contributed by atoms with van der Waals surface area (Å²) in [7, 11) is 0. The molecular formula is C24H29ClN4OS. The minimum absolute atomic E-state index is 0.00770. The average Bonchev–Trinajstić information content (AvgIpc) is 3.12. The highest BCUT2D eigenvalue weighted by molar-refractivity contribution is 7.82. The van der Waals surface area contributed by atoms with Gasteiger partial charge in [0, 0.05) is 19.0 Å². The molecule has 2 aromatic rings. The van der Waals surface area contributed by atoms with Crippen molar-refractivity contribution in [2.24, 2.45) is 11.0 Å². The van der Waals surface area contributed by atoms with Gasteiger partial charge in [-0.3, -0.25) is 5.01 Å². The molecule has 2 aromatic carbocycles. The average molecular weight is 457 g/mol. The number of hydrogen-bond acceptors (Lipinski definition) is 5. The molecule has 0 saturated carbocycles. The Morgan fingerprint density at radius 1 is 1.13 bits per heavy atom. The molecule has 4 rings (SSSR count). The van der Waals surface area contributed by atoms with Gasteiger partial charge in [0.15, 0.2) is 0 Å². The van der Waals surface area contributed by atoms with Crippen molar-refractivity contribution in [3.05, 3.63) is 59.1 Å². The van der Waals surface area contributed by atoms with Crippen LogP contribution in [0.25, 0.3) is 0 Å². The van der Waals surface area contributed by atoms with Crippen molar-refractivity contribution in [3.63, 3.8) is 0 Å². The fourth-order valence-electron chi connectivity index (χ4n) is 4.29. The molecular weight excluding hydrogens is 428 g/mol. The number of halogens is 1. The Morgan fingerprint density at radius 3 is 2.52 bits per heavy atom. The fourth-order valence-corrected chi connectivity index (χ4v) is 4.87. The van der Waals surface area contributed by atoms with E-state index in [1.54, 1.807) is 0 Å². The number of nitrogens with zero attached hydrogens (tertiary/aromatic N) is 3. The van der Waals surface area contributed by atoms with E-state index in [1.807, 2.05) is 48.3 Å². The van der Waals surface area contributed by atoms with E-state index in [2.05, 4.69) is 29.5 Å². The molecule has 31 heavy (non-hydrogen) atoms. The first-order valence-corrected chi connectivity index (χ1v) is 11.8. The Hall–Kier alpha value is -2.15. The van der Waals surface area contributed by atoms with Crippen molar-refractivity contribution in [2.75, 3.05) is 24.7 Å². The molecule has 0 aromatic heterocycles. The Morgan fingerprint density at radius 2 is 1.84 bits per heavy atom. The second-order valence-electron chi connectivity index (χ2n) is 8.01. The van der Waals surface area contributed by atoms with E-state index in [0.29, 0.717) is 16.6 Å². The van der Waals surface area contributed by atoms with Crippen molar-refractivity contribution >= 4 is 40.2 Å². The highest BCUT2D eigenvalue weighted by Crippen LogP contribution is 2.42. The van der Waals surface area contributed by atoms with Crippen LogP contribution in [-0.4, -0.2) is 35.4 Å². The lowest BCUT2D eigenvalue weighted by molar-refractivity contribution is 0.197. The number of hydrogen-bond donors (Lipinski definition) is 1. The Labute approximate surface area is 195 Å². The molecule has 2 atom stereocenters. The van der Waals surface area contributed by atoms with Gasteiger partial charge in [0.1, 0.15) is 16.4 Å². The SMILES string of the molecule is CCOc1ccc(C2C(C)C(C(=S)NN3CCCCC3)=NN2c2ccccc2Cl)cc1. The van der Waals surface area contributed by atoms with E-state index in [1.165, 1.54) is 19.3 Å². The molecule has 0 bridgehead atoms. The summed E-state index contributed by atoms with van der Waals surface area (Å²) < 4.78 is 5.63. The molecule has 2 heterocycles. The van der Waals surface area contributed by atoms with Crippen LogP contribution in [0.1, 0.15) is 44.7 Å². The molecule has 0 spiro atoms. The summed E-state index contributed by atoms with van der Waals surface area (Å²) in [6, 6.07) is 16.1. The van der Waals surface area contributed by atoms with E-state index < -0.39 is 0 Å². The first kappa shape index (κ1) is 22.1. The monoisotopic (exact) mass is 456 g/mol. The minimum Gasteiger partial charge on any atom is -0.494 e. The molecule has 164 valence electrons. The maximum atomic E-state index is 6.57. The van der Waals surface area contributed by atoms with Crippen LogP contribution in [0.4, 0.5) is 5.69 Å². The van der Waals surface area contributed by atoms with E-state index >= 15 is 0 Å². The third-order valence-corrected chi connectivity index (χ3v) is 6.48. The zero-order chi connectivity index (χ0) is 21.8. The van der Waals surface area contributed by atoms with Gasteiger partial charge in [-0.1, -0.05) is 61.4 Å². The van der Waals surface area contributed by atoms with Gasteiger partial charge >= 0.3 is 0 Å². The Balaban J connectivity index is 1.64. The van der Waals surface area contributed by atoms with Gasteiger partial charge in [-0.15, -0.1) is 0 Å². The maximum Gasteiger partial charge on any atom is 0.137 e. The van der Waals surface area contributed by atoms with Gasteiger partial charge in [0.25, 0.3) is 0 Å². The summed E-state index contributed by atoms with van der Waals surface area (Å²) in [5, 5.41) is 9.89. The lowest BCUT2D eigenvalue weighted by atomic mass is 9.91. The molecule has 0 aliphatic carbocycles. The molecule has 2 unspecified atom stereocenters. The number of piperidine rings is 1. The van der Waals surface area contributed by atoms with Crippen molar-refractivity contribution in [1.29, 1.82) is 0 Å². The largest absolute Gasteiger partial charge is 0.494 e. The zero-order valence-corrected chi connectivity index (χ0v) is 19.6. The summed E-state index contributed by atoms with van der Waals surface area (Å²) >= 11 is 12.4. The molecule has 0 amide bonds. The number of hydrazone groups is 1. The number of anilines is 1. The number of para-hydroxylation sites is 1. The van der Waals surface area contributed by atoms with Crippen LogP contribution in [0.15, 0.2) is 53.6 Å². The number of benzene rings is 2. The van der Waals surface area contributed by atoms with Crippen LogP contribution in [0, 0.1) is 5.92 Å². The van der Waals surface area contributed by atoms with E-state index in [4.69, 9.17) is 33.7 Å². The van der Waals surface area contributed by atoms with E-state index in [-0.39, 0.29) is 12.0 Å². The van der Waals surface area contributed by atoms with Gasteiger partial charge in [-0.2, -0.15) is 5.10 Å². The summed E-state index contributed by atoms with van der Waals surface area (Å²) in [4.78, 5) is 0.694. The highest BCUT2D eigenvalue weighted by atomic mass is 35.5. The fraction of sp³-hybridized carbons (Fsp3) is 0.417.